The summed E-state index contributed by atoms with van der Waals surface area (Å²) in [5.41, 5.74) is 0. The number of sulfone groups is 1. The van der Waals surface area contributed by atoms with E-state index in [2.05, 4.69) is 24.1 Å². The fourth-order valence-electron chi connectivity index (χ4n) is 2.73. The topological polar surface area (TPSA) is 49.4 Å². The Morgan fingerprint density at radius 2 is 2.00 bits per heavy atom. The van der Waals surface area contributed by atoms with Crippen LogP contribution in [-0.4, -0.2) is 56.5 Å². The van der Waals surface area contributed by atoms with Crippen molar-refractivity contribution in [3.8, 4) is 0 Å². The zero-order valence-electron chi connectivity index (χ0n) is 13.6. The highest BCUT2D eigenvalue weighted by Gasteiger charge is 2.25. The lowest BCUT2D eigenvalue weighted by Crippen LogP contribution is -2.46. The summed E-state index contributed by atoms with van der Waals surface area (Å²) in [6.07, 6.45) is 3.60. The van der Waals surface area contributed by atoms with Crippen LogP contribution in [0.4, 0.5) is 0 Å². The second-order valence-electron chi connectivity index (χ2n) is 6.36. The van der Waals surface area contributed by atoms with Gasteiger partial charge < -0.3 is 10.2 Å². The minimum atomic E-state index is -2.91. The van der Waals surface area contributed by atoms with Gasteiger partial charge in [-0.2, -0.15) is 0 Å². The van der Waals surface area contributed by atoms with E-state index in [1.165, 1.54) is 12.8 Å². The fraction of sp³-hybridized carbons (Fsp3) is 1.00. The van der Waals surface area contributed by atoms with Crippen molar-refractivity contribution < 1.29 is 8.42 Å². The van der Waals surface area contributed by atoms with Crippen LogP contribution in [0.3, 0.4) is 0 Å². The molecule has 4 nitrogen and oxygen atoms in total. The minimum Gasteiger partial charge on any atom is -0.314 e. The van der Waals surface area contributed by atoms with Crippen molar-refractivity contribution in [1.82, 2.24) is 10.2 Å². The zero-order chi connectivity index (χ0) is 15.2. The first-order valence-corrected chi connectivity index (χ1v) is 9.75. The highest BCUT2D eigenvalue weighted by atomic mass is 32.2. The van der Waals surface area contributed by atoms with Gasteiger partial charge in [-0.25, -0.2) is 8.42 Å². The number of likely N-dealkylation sites (tertiary alicyclic amines) is 1. The highest BCUT2D eigenvalue weighted by molar-refractivity contribution is 7.92. The molecule has 1 rings (SSSR count). The van der Waals surface area contributed by atoms with Crippen molar-refractivity contribution in [3.05, 3.63) is 0 Å². The van der Waals surface area contributed by atoms with Crippen LogP contribution in [0.25, 0.3) is 0 Å². The molecule has 0 spiro atoms. The molecule has 0 aromatic carbocycles. The molecule has 1 fully saturated rings. The standard InChI is InChI=1S/C15H32N2O2S/c1-5-8-16-14(4)15-7-6-9-17(12-15)10-11-20(18,19)13(2)3/h13-16H,5-12H2,1-4H3. The second kappa shape index (κ2) is 8.35. The molecule has 0 radical (unpaired) electrons. The summed E-state index contributed by atoms with van der Waals surface area (Å²) in [7, 11) is -2.91. The van der Waals surface area contributed by atoms with E-state index in [1.807, 2.05) is 0 Å². The molecule has 0 bridgehead atoms. The molecule has 1 aliphatic heterocycles. The van der Waals surface area contributed by atoms with Crippen molar-refractivity contribution in [3.63, 3.8) is 0 Å². The molecule has 1 N–H and O–H groups in total. The Balaban J connectivity index is 2.41. The molecule has 0 amide bonds. The molecule has 0 aliphatic carbocycles. The monoisotopic (exact) mass is 304 g/mol. The molecule has 0 saturated carbocycles. The first kappa shape index (κ1) is 17.9. The zero-order valence-corrected chi connectivity index (χ0v) is 14.4. The van der Waals surface area contributed by atoms with Crippen molar-refractivity contribution in [1.29, 1.82) is 0 Å². The van der Waals surface area contributed by atoms with Gasteiger partial charge in [-0.15, -0.1) is 0 Å². The predicted molar refractivity (Wildman–Crippen MR) is 85.8 cm³/mol. The summed E-state index contributed by atoms with van der Waals surface area (Å²) < 4.78 is 23.8. The quantitative estimate of drug-likeness (QED) is 0.744. The van der Waals surface area contributed by atoms with Gasteiger partial charge in [0.25, 0.3) is 0 Å². The number of nitrogens with zero attached hydrogens (tertiary/aromatic N) is 1. The fourth-order valence-corrected chi connectivity index (χ4v) is 3.72. The summed E-state index contributed by atoms with van der Waals surface area (Å²) in [5, 5.41) is 3.31. The summed E-state index contributed by atoms with van der Waals surface area (Å²) in [6, 6.07) is 0.527. The Labute approximate surface area is 125 Å². The maximum absolute atomic E-state index is 11.9. The molecule has 2 unspecified atom stereocenters. The Hall–Kier alpha value is -0.130. The third kappa shape index (κ3) is 5.70. The summed E-state index contributed by atoms with van der Waals surface area (Å²) in [4.78, 5) is 2.33. The van der Waals surface area contributed by atoms with Crippen molar-refractivity contribution in [2.24, 2.45) is 5.92 Å². The number of hydrogen-bond acceptors (Lipinski definition) is 4. The van der Waals surface area contributed by atoms with E-state index in [0.29, 0.717) is 24.3 Å². The molecular weight excluding hydrogens is 272 g/mol. The van der Waals surface area contributed by atoms with Crippen molar-refractivity contribution in [2.75, 3.05) is 31.9 Å². The molecule has 1 aliphatic rings. The molecular formula is C15H32N2O2S. The van der Waals surface area contributed by atoms with Gasteiger partial charge in [-0.3, -0.25) is 0 Å². The van der Waals surface area contributed by atoms with Crippen LogP contribution in [0, 0.1) is 5.92 Å². The van der Waals surface area contributed by atoms with Crippen LogP contribution >= 0.6 is 0 Å². The average Bonchev–Trinajstić information content (AvgIpc) is 2.42. The van der Waals surface area contributed by atoms with Gasteiger partial charge in [-0.05, 0) is 59.0 Å². The minimum absolute atomic E-state index is 0.256. The lowest BCUT2D eigenvalue weighted by atomic mass is 9.91. The molecule has 0 aromatic rings. The largest absolute Gasteiger partial charge is 0.314 e. The second-order valence-corrected chi connectivity index (χ2v) is 9.04. The third-order valence-electron chi connectivity index (χ3n) is 4.38. The SMILES string of the molecule is CCCNC(C)C1CCCN(CCS(=O)(=O)C(C)C)C1. The van der Waals surface area contributed by atoms with E-state index in [-0.39, 0.29) is 5.25 Å². The van der Waals surface area contributed by atoms with Crippen molar-refractivity contribution >= 4 is 9.84 Å². The first-order valence-electron chi connectivity index (χ1n) is 8.04. The molecule has 2 atom stereocenters. The van der Waals surface area contributed by atoms with E-state index >= 15 is 0 Å². The van der Waals surface area contributed by atoms with E-state index in [0.717, 1.165) is 26.1 Å². The van der Waals surface area contributed by atoms with Gasteiger partial charge in [0, 0.05) is 19.1 Å². The van der Waals surface area contributed by atoms with Gasteiger partial charge in [0.1, 0.15) is 0 Å². The van der Waals surface area contributed by atoms with E-state index in [9.17, 15) is 8.42 Å². The molecule has 120 valence electrons. The predicted octanol–water partition coefficient (Wildman–Crippen LogP) is 1.91. The van der Waals surface area contributed by atoms with Gasteiger partial charge in [0.15, 0.2) is 9.84 Å². The van der Waals surface area contributed by atoms with Gasteiger partial charge in [0.2, 0.25) is 0 Å². The summed E-state index contributed by atoms with van der Waals surface area (Å²) >= 11 is 0. The smallest absolute Gasteiger partial charge is 0.153 e. The highest BCUT2D eigenvalue weighted by Crippen LogP contribution is 2.20. The molecule has 5 heteroatoms. The Morgan fingerprint density at radius 3 is 2.60 bits per heavy atom. The van der Waals surface area contributed by atoms with Crippen LogP contribution in [-0.2, 0) is 9.84 Å². The Morgan fingerprint density at radius 1 is 1.30 bits per heavy atom. The van der Waals surface area contributed by atoms with E-state index in [4.69, 9.17) is 0 Å². The van der Waals surface area contributed by atoms with Crippen LogP contribution in [0.5, 0.6) is 0 Å². The van der Waals surface area contributed by atoms with Crippen LogP contribution in [0.1, 0.15) is 47.0 Å². The molecule has 1 heterocycles. The van der Waals surface area contributed by atoms with Crippen molar-refractivity contribution in [2.45, 2.75) is 58.2 Å². The van der Waals surface area contributed by atoms with Gasteiger partial charge >= 0.3 is 0 Å². The summed E-state index contributed by atoms with van der Waals surface area (Å²) in [6.45, 7) is 11.8. The maximum Gasteiger partial charge on any atom is 0.153 e. The molecule has 1 saturated heterocycles. The van der Waals surface area contributed by atoms with E-state index < -0.39 is 9.84 Å². The third-order valence-corrected chi connectivity index (χ3v) is 6.56. The lowest BCUT2D eigenvalue weighted by Gasteiger charge is -2.36. The molecule has 20 heavy (non-hydrogen) atoms. The number of piperidine rings is 1. The number of hydrogen-bond donors (Lipinski definition) is 1. The van der Waals surface area contributed by atoms with Gasteiger partial charge in [-0.1, -0.05) is 6.92 Å². The average molecular weight is 305 g/mol. The van der Waals surface area contributed by atoms with Crippen LogP contribution in [0.15, 0.2) is 0 Å². The number of nitrogens with one attached hydrogen (secondary N) is 1. The lowest BCUT2D eigenvalue weighted by molar-refractivity contribution is 0.158. The van der Waals surface area contributed by atoms with Crippen LogP contribution in [0.2, 0.25) is 0 Å². The normalized spacial score (nSPS) is 23.1. The van der Waals surface area contributed by atoms with E-state index in [1.54, 1.807) is 13.8 Å². The van der Waals surface area contributed by atoms with Gasteiger partial charge in [0.05, 0.1) is 11.0 Å². The maximum atomic E-state index is 11.9. The molecule has 0 aromatic heterocycles. The van der Waals surface area contributed by atoms with Crippen LogP contribution < -0.4 is 5.32 Å². The Bertz CT molecular complexity index is 368. The first-order chi connectivity index (χ1) is 9.36. The summed E-state index contributed by atoms with van der Waals surface area (Å²) in [5.74, 6) is 0.950. The Kier molecular flexibility index (Phi) is 7.48. The number of rotatable bonds is 8.